The van der Waals surface area contributed by atoms with E-state index in [4.69, 9.17) is 4.74 Å². The van der Waals surface area contributed by atoms with Gasteiger partial charge in [-0.1, -0.05) is 48.5 Å². The van der Waals surface area contributed by atoms with Crippen LogP contribution >= 0.6 is 0 Å². The zero-order valence-corrected chi connectivity index (χ0v) is 21.6. The molecule has 5 rings (SSSR count). The lowest BCUT2D eigenvalue weighted by Crippen LogP contribution is -2.48. The topological polar surface area (TPSA) is 70.1 Å². The molecule has 1 atom stereocenters. The smallest absolute Gasteiger partial charge is 0.326 e. The second-order valence-electron chi connectivity index (χ2n) is 9.64. The van der Waals surface area contributed by atoms with Gasteiger partial charge >= 0.3 is 5.97 Å². The van der Waals surface area contributed by atoms with Gasteiger partial charge in [0.05, 0.1) is 7.11 Å². The minimum absolute atomic E-state index is 0.258. The Kier molecular flexibility index (Phi) is 7.59. The fraction of sp³-hybridized carbons (Fsp3) is 0.188. The number of rotatable bonds is 8. The maximum Gasteiger partial charge on any atom is 0.326 e. The molecule has 0 saturated heterocycles. The molecule has 4 aromatic carbocycles. The minimum atomic E-state index is -1.01. The van der Waals surface area contributed by atoms with Crippen LogP contribution in [-0.4, -0.2) is 35.0 Å². The van der Waals surface area contributed by atoms with Crippen molar-refractivity contribution in [3.63, 3.8) is 0 Å². The van der Waals surface area contributed by atoms with Gasteiger partial charge in [-0.15, -0.1) is 0 Å². The average molecular weight is 525 g/mol. The van der Waals surface area contributed by atoms with E-state index in [1.165, 1.54) is 17.0 Å². The molecule has 1 amide bonds. The van der Waals surface area contributed by atoms with Gasteiger partial charge in [0.1, 0.15) is 17.6 Å². The first kappa shape index (κ1) is 26.0. The molecule has 1 unspecified atom stereocenters. The summed E-state index contributed by atoms with van der Waals surface area (Å²) in [7, 11) is 1.63. The first-order valence-corrected chi connectivity index (χ1v) is 12.7. The number of methoxy groups -OCH3 is 1. The minimum Gasteiger partial charge on any atom is -0.497 e. The summed E-state index contributed by atoms with van der Waals surface area (Å²) in [6.07, 6.45) is 0.285. The Labute approximate surface area is 226 Å². The van der Waals surface area contributed by atoms with Crippen molar-refractivity contribution in [3.05, 3.63) is 131 Å². The zero-order chi connectivity index (χ0) is 27.4. The third kappa shape index (κ3) is 5.93. The van der Waals surface area contributed by atoms with Gasteiger partial charge < -0.3 is 19.6 Å². The highest BCUT2D eigenvalue weighted by molar-refractivity contribution is 5.97. The van der Waals surface area contributed by atoms with Crippen molar-refractivity contribution in [2.45, 2.75) is 32.1 Å². The van der Waals surface area contributed by atoms with Crippen LogP contribution < -0.4 is 9.64 Å². The molecule has 0 aromatic heterocycles. The van der Waals surface area contributed by atoms with Crippen molar-refractivity contribution in [2.75, 3.05) is 12.0 Å². The van der Waals surface area contributed by atoms with Gasteiger partial charge in [-0.25, -0.2) is 9.18 Å². The molecule has 6 nitrogen and oxygen atoms in total. The van der Waals surface area contributed by atoms with Crippen molar-refractivity contribution in [1.29, 1.82) is 0 Å². The number of nitrogens with zero attached hydrogens (tertiary/aromatic N) is 2. The zero-order valence-electron chi connectivity index (χ0n) is 21.6. The number of amides is 1. The van der Waals surface area contributed by atoms with Crippen molar-refractivity contribution in [2.24, 2.45) is 0 Å². The number of carbonyl (C=O) groups is 2. The second-order valence-corrected chi connectivity index (χ2v) is 9.64. The van der Waals surface area contributed by atoms with E-state index in [-0.39, 0.29) is 24.7 Å². The Morgan fingerprint density at radius 2 is 1.46 bits per heavy atom. The van der Waals surface area contributed by atoms with Gasteiger partial charge in [0, 0.05) is 37.3 Å². The SMILES string of the molecule is COc1ccc(CN(Cc2ccc(C(=O)N3Cc4ccccc4CC3C(=O)O)cc2)c2ccc(F)cc2)cc1. The largest absolute Gasteiger partial charge is 0.497 e. The molecule has 4 aromatic rings. The number of carboxylic acid groups (broad SMARTS) is 1. The van der Waals surface area contributed by atoms with Gasteiger partial charge in [0.15, 0.2) is 0 Å². The summed E-state index contributed by atoms with van der Waals surface area (Å²) < 4.78 is 18.9. The molecule has 1 aliphatic heterocycles. The molecule has 0 bridgehead atoms. The summed E-state index contributed by atoms with van der Waals surface area (Å²) in [4.78, 5) is 29.0. The van der Waals surface area contributed by atoms with E-state index in [1.54, 1.807) is 31.4 Å². The van der Waals surface area contributed by atoms with Crippen LogP contribution in [0.1, 0.15) is 32.6 Å². The molecule has 198 valence electrons. The van der Waals surface area contributed by atoms with Crippen molar-refractivity contribution >= 4 is 17.6 Å². The number of hydrogen-bond acceptors (Lipinski definition) is 4. The monoisotopic (exact) mass is 524 g/mol. The first-order chi connectivity index (χ1) is 18.9. The number of anilines is 1. The number of ether oxygens (including phenoxy) is 1. The number of carbonyl (C=O) groups excluding carboxylic acids is 1. The first-order valence-electron chi connectivity index (χ1n) is 12.7. The van der Waals surface area contributed by atoms with Crippen LogP contribution in [0.5, 0.6) is 5.75 Å². The summed E-state index contributed by atoms with van der Waals surface area (Å²) in [5.41, 5.74) is 5.26. The molecule has 0 radical (unpaired) electrons. The molecule has 0 spiro atoms. The van der Waals surface area contributed by atoms with Crippen LogP contribution in [0.2, 0.25) is 0 Å². The van der Waals surface area contributed by atoms with Gasteiger partial charge in [-0.05, 0) is 70.8 Å². The fourth-order valence-corrected chi connectivity index (χ4v) is 4.94. The van der Waals surface area contributed by atoms with Crippen LogP contribution in [0, 0.1) is 5.82 Å². The van der Waals surface area contributed by atoms with Crippen LogP contribution in [0.3, 0.4) is 0 Å². The summed E-state index contributed by atoms with van der Waals surface area (Å²) in [5.74, 6) is -0.847. The highest BCUT2D eigenvalue weighted by atomic mass is 19.1. The lowest BCUT2D eigenvalue weighted by atomic mass is 9.93. The number of halogens is 1. The number of benzene rings is 4. The molecule has 1 aliphatic rings. The molecule has 0 fully saturated rings. The highest BCUT2D eigenvalue weighted by Crippen LogP contribution is 2.26. The molecule has 0 saturated carbocycles. The summed E-state index contributed by atoms with van der Waals surface area (Å²) in [6.45, 7) is 1.37. The van der Waals surface area contributed by atoms with Crippen LogP contribution in [0.25, 0.3) is 0 Å². The number of aliphatic carboxylic acids is 1. The van der Waals surface area contributed by atoms with Crippen molar-refractivity contribution in [1.82, 2.24) is 4.90 Å². The highest BCUT2D eigenvalue weighted by Gasteiger charge is 2.34. The van der Waals surface area contributed by atoms with Gasteiger partial charge in [-0.2, -0.15) is 0 Å². The summed E-state index contributed by atoms with van der Waals surface area (Å²) in [6, 6.07) is 28.1. The van der Waals surface area contributed by atoms with E-state index in [9.17, 15) is 19.1 Å². The van der Waals surface area contributed by atoms with E-state index >= 15 is 0 Å². The third-order valence-corrected chi connectivity index (χ3v) is 7.09. The molecular formula is C32H29FN2O4. The van der Waals surface area contributed by atoms with Crippen LogP contribution in [0.4, 0.5) is 10.1 Å². The standard InChI is InChI=1S/C32H29FN2O4/c1-39-29-16-8-23(9-17-29)20-34(28-14-12-27(33)13-15-28)19-22-6-10-24(11-7-22)31(36)35-21-26-5-3-2-4-25(26)18-30(35)32(37)38/h2-17,30H,18-21H2,1H3,(H,37,38). The van der Waals surface area contributed by atoms with Gasteiger partial charge in [0.2, 0.25) is 0 Å². The Bertz CT molecular complexity index is 1450. The number of fused-ring (bicyclic) bond motifs is 1. The van der Waals surface area contributed by atoms with Gasteiger partial charge in [0.25, 0.3) is 5.91 Å². The van der Waals surface area contributed by atoms with Crippen LogP contribution in [-0.2, 0) is 30.8 Å². The maximum atomic E-state index is 13.6. The number of hydrogen-bond donors (Lipinski definition) is 1. The molecule has 1 N–H and O–H groups in total. The van der Waals surface area contributed by atoms with Crippen LogP contribution in [0.15, 0.2) is 97.1 Å². The average Bonchev–Trinajstić information content (AvgIpc) is 2.97. The second kappa shape index (κ2) is 11.4. The molecular weight excluding hydrogens is 495 g/mol. The molecule has 7 heteroatoms. The predicted octanol–water partition coefficient (Wildman–Crippen LogP) is 5.69. The van der Waals surface area contributed by atoms with Crippen molar-refractivity contribution in [3.8, 4) is 5.75 Å². The lowest BCUT2D eigenvalue weighted by Gasteiger charge is -2.34. The Morgan fingerprint density at radius 3 is 2.05 bits per heavy atom. The predicted molar refractivity (Wildman–Crippen MR) is 147 cm³/mol. The van der Waals surface area contributed by atoms with Crippen molar-refractivity contribution < 1.29 is 23.8 Å². The lowest BCUT2D eigenvalue weighted by molar-refractivity contribution is -0.142. The summed E-state index contributed by atoms with van der Waals surface area (Å²) in [5, 5.41) is 9.82. The Hall–Kier alpha value is -4.65. The molecule has 1 heterocycles. The van der Waals surface area contributed by atoms with E-state index < -0.39 is 12.0 Å². The molecule has 0 aliphatic carbocycles. The fourth-order valence-electron chi connectivity index (χ4n) is 4.94. The Morgan fingerprint density at radius 1 is 0.872 bits per heavy atom. The summed E-state index contributed by atoms with van der Waals surface area (Å²) >= 11 is 0. The normalized spacial score (nSPS) is 14.4. The maximum absolute atomic E-state index is 13.6. The van der Waals surface area contributed by atoms with E-state index in [2.05, 4.69) is 4.90 Å². The quantitative estimate of drug-likeness (QED) is 0.321. The van der Waals surface area contributed by atoms with Gasteiger partial charge in [-0.3, -0.25) is 4.79 Å². The molecule has 39 heavy (non-hydrogen) atoms. The van der Waals surface area contributed by atoms with E-state index in [0.29, 0.717) is 18.7 Å². The Balaban J connectivity index is 1.35. The van der Waals surface area contributed by atoms with E-state index in [1.807, 2.05) is 60.7 Å². The van der Waals surface area contributed by atoms with E-state index in [0.717, 1.165) is 33.7 Å². The third-order valence-electron chi connectivity index (χ3n) is 7.09. The number of carboxylic acids is 1.